The predicted octanol–water partition coefficient (Wildman–Crippen LogP) is 2.61. The van der Waals surface area contributed by atoms with Crippen LogP contribution in [0.25, 0.3) is 0 Å². The van der Waals surface area contributed by atoms with Crippen LogP contribution in [0.15, 0.2) is 29.4 Å². The molecule has 20 heavy (non-hydrogen) atoms. The molecule has 2 rings (SSSR count). The van der Waals surface area contributed by atoms with Crippen LogP contribution >= 0.6 is 0 Å². The summed E-state index contributed by atoms with van der Waals surface area (Å²) in [6, 6.07) is 8.62. The standard InChI is InChI=1S/C15H24N4O/c1-12(11-15(16)18-20)17-13-5-7-14(8-6-13)19-9-3-2-4-10-19/h5-8,12,17,20H,2-4,9-11H2,1H3,(H2,16,18). The van der Waals surface area contributed by atoms with Crippen LogP contribution in [-0.4, -0.2) is 30.2 Å². The van der Waals surface area contributed by atoms with Gasteiger partial charge in [-0.2, -0.15) is 0 Å². The van der Waals surface area contributed by atoms with E-state index in [2.05, 4.69) is 39.6 Å². The van der Waals surface area contributed by atoms with Crippen LogP contribution in [0.5, 0.6) is 0 Å². The molecule has 0 aliphatic carbocycles. The summed E-state index contributed by atoms with van der Waals surface area (Å²) in [5.41, 5.74) is 7.85. The normalized spacial score (nSPS) is 17.9. The molecule has 0 spiro atoms. The summed E-state index contributed by atoms with van der Waals surface area (Å²) in [7, 11) is 0. The highest BCUT2D eigenvalue weighted by atomic mass is 16.4. The van der Waals surface area contributed by atoms with Crippen LogP contribution in [0.3, 0.4) is 0 Å². The van der Waals surface area contributed by atoms with Gasteiger partial charge in [-0.1, -0.05) is 5.16 Å². The van der Waals surface area contributed by atoms with Crippen LogP contribution in [0, 0.1) is 0 Å². The fourth-order valence-electron chi connectivity index (χ4n) is 2.61. The van der Waals surface area contributed by atoms with Gasteiger partial charge in [-0.3, -0.25) is 0 Å². The second-order valence-corrected chi connectivity index (χ2v) is 5.44. The Bertz CT molecular complexity index is 438. The number of hydrogen-bond acceptors (Lipinski definition) is 4. The maximum absolute atomic E-state index is 8.56. The fourth-order valence-corrected chi connectivity index (χ4v) is 2.61. The predicted molar refractivity (Wildman–Crippen MR) is 83.6 cm³/mol. The number of benzene rings is 1. The van der Waals surface area contributed by atoms with Crippen LogP contribution in [0.4, 0.5) is 11.4 Å². The van der Waals surface area contributed by atoms with Gasteiger partial charge < -0.3 is 21.2 Å². The van der Waals surface area contributed by atoms with E-state index >= 15 is 0 Å². The quantitative estimate of drug-likeness (QED) is 0.334. The molecule has 0 bridgehead atoms. The molecule has 1 aliphatic rings. The first-order valence-corrected chi connectivity index (χ1v) is 7.27. The topological polar surface area (TPSA) is 73.9 Å². The molecule has 110 valence electrons. The summed E-state index contributed by atoms with van der Waals surface area (Å²) >= 11 is 0. The number of amidine groups is 1. The van der Waals surface area contributed by atoms with Crippen molar-refractivity contribution < 1.29 is 5.21 Å². The van der Waals surface area contributed by atoms with Gasteiger partial charge in [0.25, 0.3) is 0 Å². The molecule has 0 aromatic heterocycles. The Hall–Kier alpha value is -1.91. The molecule has 0 amide bonds. The van der Waals surface area contributed by atoms with E-state index in [9.17, 15) is 0 Å². The maximum Gasteiger partial charge on any atom is 0.141 e. The number of nitrogens with zero attached hydrogens (tertiary/aromatic N) is 2. The molecule has 1 heterocycles. The molecular weight excluding hydrogens is 252 g/mol. The summed E-state index contributed by atoms with van der Waals surface area (Å²) in [5, 5.41) is 14.9. The Kier molecular flexibility index (Phi) is 5.09. The third-order valence-corrected chi connectivity index (χ3v) is 3.65. The minimum absolute atomic E-state index is 0.131. The summed E-state index contributed by atoms with van der Waals surface area (Å²) in [4.78, 5) is 2.44. The Morgan fingerprint density at radius 1 is 1.30 bits per heavy atom. The zero-order chi connectivity index (χ0) is 14.4. The minimum Gasteiger partial charge on any atom is -0.409 e. The number of anilines is 2. The molecule has 0 radical (unpaired) electrons. The lowest BCUT2D eigenvalue weighted by molar-refractivity contribution is 0.316. The number of piperidine rings is 1. The van der Waals surface area contributed by atoms with E-state index in [1.807, 2.05) is 6.92 Å². The molecule has 1 unspecified atom stereocenters. The highest BCUT2D eigenvalue weighted by Crippen LogP contribution is 2.22. The van der Waals surface area contributed by atoms with Crippen LogP contribution in [-0.2, 0) is 0 Å². The monoisotopic (exact) mass is 276 g/mol. The van der Waals surface area contributed by atoms with Gasteiger partial charge in [-0.15, -0.1) is 0 Å². The Balaban J connectivity index is 1.90. The smallest absolute Gasteiger partial charge is 0.141 e. The maximum atomic E-state index is 8.56. The molecule has 0 saturated carbocycles. The molecule has 4 N–H and O–H groups in total. The molecule has 1 aliphatic heterocycles. The van der Waals surface area contributed by atoms with Gasteiger partial charge in [0.2, 0.25) is 0 Å². The molecule has 1 aromatic carbocycles. The minimum atomic E-state index is 0.131. The van der Waals surface area contributed by atoms with E-state index in [1.165, 1.54) is 24.9 Å². The lowest BCUT2D eigenvalue weighted by atomic mass is 10.1. The van der Waals surface area contributed by atoms with Crippen molar-refractivity contribution in [1.29, 1.82) is 0 Å². The lowest BCUT2D eigenvalue weighted by Crippen LogP contribution is -2.29. The average Bonchev–Trinajstić information content (AvgIpc) is 2.48. The van der Waals surface area contributed by atoms with E-state index in [1.54, 1.807) is 0 Å². The van der Waals surface area contributed by atoms with Gasteiger partial charge in [0.05, 0.1) is 0 Å². The van der Waals surface area contributed by atoms with Gasteiger partial charge in [0.1, 0.15) is 5.84 Å². The van der Waals surface area contributed by atoms with Gasteiger partial charge in [-0.25, -0.2) is 0 Å². The Morgan fingerprint density at radius 3 is 2.55 bits per heavy atom. The van der Waals surface area contributed by atoms with E-state index in [-0.39, 0.29) is 11.9 Å². The number of oxime groups is 1. The number of nitrogens with one attached hydrogen (secondary N) is 1. The first kappa shape index (κ1) is 14.5. The summed E-state index contributed by atoms with van der Waals surface area (Å²) in [5.74, 6) is 0.245. The van der Waals surface area contributed by atoms with Crippen LogP contribution < -0.4 is 16.0 Å². The summed E-state index contributed by atoms with van der Waals surface area (Å²) < 4.78 is 0. The van der Waals surface area contributed by atoms with Crippen molar-refractivity contribution in [3.8, 4) is 0 Å². The third-order valence-electron chi connectivity index (χ3n) is 3.65. The van der Waals surface area contributed by atoms with Crippen molar-refractivity contribution in [2.24, 2.45) is 10.9 Å². The second-order valence-electron chi connectivity index (χ2n) is 5.44. The molecule has 1 atom stereocenters. The van der Waals surface area contributed by atoms with Gasteiger partial charge in [-0.05, 0) is 50.5 Å². The lowest BCUT2D eigenvalue weighted by Gasteiger charge is -2.29. The zero-order valence-corrected chi connectivity index (χ0v) is 12.0. The average molecular weight is 276 g/mol. The van der Waals surface area contributed by atoms with Crippen LogP contribution in [0.1, 0.15) is 32.6 Å². The van der Waals surface area contributed by atoms with Gasteiger partial charge in [0, 0.05) is 36.9 Å². The number of nitrogens with two attached hydrogens (primary N) is 1. The zero-order valence-electron chi connectivity index (χ0n) is 12.0. The van der Waals surface area contributed by atoms with Crippen molar-refractivity contribution >= 4 is 17.2 Å². The first-order chi connectivity index (χ1) is 9.69. The molecule has 5 nitrogen and oxygen atoms in total. The first-order valence-electron chi connectivity index (χ1n) is 7.27. The van der Waals surface area contributed by atoms with Crippen molar-refractivity contribution in [1.82, 2.24) is 0 Å². The van der Waals surface area contributed by atoms with E-state index < -0.39 is 0 Å². The van der Waals surface area contributed by atoms with Gasteiger partial charge in [0.15, 0.2) is 0 Å². The van der Waals surface area contributed by atoms with E-state index in [4.69, 9.17) is 10.9 Å². The molecule has 1 aromatic rings. The van der Waals surface area contributed by atoms with E-state index in [0.29, 0.717) is 6.42 Å². The molecule has 5 heteroatoms. The third kappa shape index (κ3) is 4.05. The largest absolute Gasteiger partial charge is 0.409 e. The van der Waals surface area contributed by atoms with Crippen molar-refractivity contribution in [3.63, 3.8) is 0 Å². The van der Waals surface area contributed by atoms with Crippen molar-refractivity contribution in [3.05, 3.63) is 24.3 Å². The summed E-state index contributed by atoms with van der Waals surface area (Å²) in [6.07, 6.45) is 4.44. The highest BCUT2D eigenvalue weighted by Gasteiger charge is 2.11. The van der Waals surface area contributed by atoms with Gasteiger partial charge >= 0.3 is 0 Å². The number of rotatable bonds is 5. The molecule has 1 fully saturated rings. The van der Waals surface area contributed by atoms with E-state index in [0.717, 1.165) is 18.8 Å². The van der Waals surface area contributed by atoms with Crippen molar-refractivity contribution in [2.45, 2.75) is 38.6 Å². The Labute approximate surface area is 120 Å². The SMILES string of the molecule is CC(CC(N)=NO)Nc1ccc(N2CCCCC2)cc1. The molecular formula is C15H24N4O. The second kappa shape index (κ2) is 7.03. The van der Waals surface area contributed by atoms with Crippen LogP contribution in [0.2, 0.25) is 0 Å². The van der Waals surface area contributed by atoms with Crippen molar-refractivity contribution in [2.75, 3.05) is 23.3 Å². The Morgan fingerprint density at radius 2 is 1.95 bits per heavy atom. The molecule has 1 saturated heterocycles. The number of hydrogen-bond donors (Lipinski definition) is 3. The highest BCUT2D eigenvalue weighted by molar-refractivity contribution is 5.80. The fraction of sp³-hybridized carbons (Fsp3) is 0.533. The summed E-state index contributed by atoms with van der Waals surface area (Å²) in [6.45, 7) is 4.33.